The molecule has 1 aromatic rings. The van der Waals surface area contributed by atoms with E-state index in [2.05, 4.69) is 5.43 Å². The third-order valence-electron chi connectivity index (χ3n) is 2.32. The summed E-state index contributed by atoms with van der Waals surface area (Å²) in [6, 6.07) is 6.59. The summed E-state index contributed by atoms with van der Waals surface area (Å²) < 4.78 is 5.50. The molecule has 0 aliphatic carbocycles. The first kappa shape index (κ1) is 14.3. The van der Waals surface area contributed by atoms with Crippen LogP contribution in [0.5, 0.6) is 5.75 Å². The highest BCUT2D eigenvalue weighted by molar-refractivity contribution is 6.32. The SMILES string of the molecule is CCCC(Oc1ccc(C#N)cc1Cl)C(=O)NN. The van der Waals surface area contributed by atoms with Crippen molar-refractivity contribution in [1.82, 2.24) is 5.43 Å². The van der Waals surface area contributed by atoms with Gasteiger partial charge in [-0.3, -0.25) is 10.2 Å². The molecule has 0 aliphatic heterocycles. The summed E-state index contributed by atoms with van der Waals surface area (Å²) in [5.74, 6) is 5.04. The molecule has 0 aromatic heterocycles. The summed E-state index contributed by atoms with van der Waals surface area (Å²) in [4.78, 5) is 11.5. The molecule has 0 saturated heterocycles. The van der Waals surface area contributed by atoms with Gasteiger partial charge in [0.15, 0.2) is 6.10 Å². The van der Waals surface area contributed by atoms with Crippen LogP contribution in [0.1, 0.15) is 25.3 Å². The number of hydrogen-bond donors (Lipinski definition) is 2. The maximum atomic E-state index is 11.5. The second kappa shape index (κ2) is 6.84. The van der Waals surface area contributed by atoms with Crippen LogP contribution in [0.4, 0.5) is 0 Å². The molecule has 1 unspecified atom stereocenters. The van der Waals surface area contributed by atoms with Gasteiger partial charge in [-0.2, -0.15) is 5.26 Å². The van der Waals surface area contributed by atoms with E-state index in [4.69, 9.17) is 27.4 Å². The Balaban J connectivity index is 2.87. The van der Waals surface area contributed by atoms with Gasteiger partial charge < -0.3 is 4.74 Å². The number of halogens is 1. The van der Waals surface area contributed by atoms with Gasteiger partial charge in [-0.1, -0.05) is 24.9 Å². The molecule has 1 amide bonds. The van der Waals surface area contributed by atoms with E-state index in [0.717, 1.165) is 6.42 Å². The van der Waals surface area contributed by atoms with Crippen LogP contribution in [-0.2, 0) is 4.79 Å². The van der Waals surface area contributed by atoms with E-state index in [1.54, 1.807) is 12.1 Å². The smallest absolute Gasteiger partial charge is 0.274 e. The van der Waals surface area contributed by atoms with Crippen molar-refractivity contribution in [3.63, 3.8) is 0 Å². The van der Waals surface area contributed by atoms with Crippen molar-refractivity contribution in [3.8, 4) is 11.8 Å². The van der Waals surface area contributed by atoms with Crippen molar-refractivity contribution < 1.29 is 9.53 Å². The largest absolute Gasteiger partial charge is 0.479 e. The summed E-state index contributed by atoms with van der Waals surface area (Å²) in [7, 11) is 0. The van der Waals surface area contributed by atoms with Crippen LogP contribution in [0, 0.1) is 11.3 Å². The topological polar surface area (TPSA) is 88.1 Å². The zero-order chi connectivity index (χ0) is 13.5. The van der Waals surface area contributed by atoms with Crippen molar-refractivity contribution in [2.24, 2.45) is 5.84 Å². The Kier molecular flexibility index (Phi) is 5.43. The maximum Gasteiger partial charge on any atom is 0.274 e. The highest BCUT2D eigenvalue weighted by Gasteiger charge is 2.19. The van der Waals surface area contributed by atoms with Crippen molar-refractivity contribution in [1.29, 1.82) is 5.26 Å². The van der Waals surface area contributed by atoms with Crippen molar-refractivity contribution in [2.75, 3.05) is 0 Å². The summed E-state index contributed by atoms with van der Waals surface area (Å²) in [5, 5.41) is 9.01. The van der Waals surface area contributed by atoms with Gasteiger partial charge in [0.05, 0.1) is 16.7 Å². The van der Waals surface area contributed by atoms with E-state index >= 15 is 0 Å². The Morgan fingerprint density at radius 3 is 2.89 bits per heavy atom. The minimum Gasteiger partial charge on any atom is -0.479 e. The summed E-state index contributed by atoms with van der Waals surface area (Å²) in [6.45, 7) is 1.93. The number of nitriles is 1. The van der Waals surface area contributed by atoms with Crippen LogP contribution >= 0.6 is 11.6 Å². The highest BCUT2D eigenvalue weighted by Crippen LogP contribution is 2.26. The van der Waals surface area contributed by atoms with Crippen LogP contribution in [0.25, 0.3) is 0 Å². The number of nitrogens with two attached hydrogens (primary N) is 1. The minimum atomic E-state index is -0.689. The minimum absolute atomic E-state index is 0.292. The Morgan fingerprint density at radius 1 is 1.67 bits per heavy atom. The molecule has 18 heavy (non-hydrogen) atoms. The Morgan fingerprint density at radius 2 is 2.39 bits per heavy atom. The van der Waals surface area contributed by atoms with Gasteiger partial charge in [-0.15, -0.1) is 0 Å². The molecule has 1 atom stereocenters. The van der Waals surface area contributed by atoms with Gasteiger partial charge in [0.2, 0.25) is 0 Å². The fourth-order valence-electron chi connectivity index (χ4n) is 1.42. The first-order valence-electron chi connectivity index (χ1n) is 5.49. The molecule has 0 saturated carbocycles. The zero-order valence-corrected chi connectivity index (χ0v) is 10.7. The maximum absolute atomic E-state index is 11.5. The molecule has 6 heteroatoms. The molecular weight excluding hydrogens is 254 g/mol. The lowest BCUT2D eigenvalue weighted by Crippen LogP contribution is -2.42. The summed E-state index contributed by atoms with van der Waals surface area (Å²) >= 11 is 5.96. The lowest BCUT2D eigenvalue weighted by molar-refractivity contribution is -0.128. The van der Waals surface area contributed by atoms with Gasteiger partial charge in [-0.25, -0.2) is 5.84 Å². The number of carbonyl (C=O) groups excluding carboxylic acids is 1. The number of hydrazine groups is 1. The second-order valence-corrected chi connectivity index (χ2v) is 4.07. The molecule has 1 aromatic carbocycles. The number of ether oxygens (including phenoxy) is 1. The van der Waals surface area contributed by atoms with E-state index in [9.17, 15) is 4.79 Å². The molecule has 96 valence electrons. The quantitative estimate of drug-likeness (QED) is 0.483. The monoisotopic (exact) mass is 267 g/mol. The Bertz CT molecular complexity index is 471. The normalized spacial score (nSPS) is 11.4. The standard InChI is InChI=1S/C12H14ClN3O2/c1-2-3-11(12(17)16-15)18-10-5-4-8(7-14)6-9(10)13/h4-6,11H,2-3,15H2,1H3,(H,16,17). The molecule has 3 N–H and O–H groups in total. The van der Waals surface area contributed by atoms with Gasteiger partial charge >= 0.3 is 0 Å². The van der Waals surface area contributed by atoms with Crippen molar-refractivity contribution in [3.05, 3.63) is 28.8 Å². The van der Waals surface area contributed by atoms with E-state index in [0.29, 0.717) is 22.8 Å². The fourth-order valence-corrected chi connectivity index (χ4v) is 1.64. The van der Waals surface area contributed by atoms with Crippen LogP contribution in [-0.4, -0.2) is 12.0 Å². The average Bonchev–Trinajstić information content (AvgIpc) is 2.39. The number of rotatable bonds is 5. The molecule has 1 rings (SSSR count). The molecule has 0 spiro atoms. The van der Waals surface area contributed by atoms with Crippen LogP contribution in [0.2, 0.25) is 5.02 Å². The first-order chi connectivity index (χ1) is 8.62. The molecule has 5 nitrogen and oxygen atoms in total. The summed E-state index contributed by atoms with van der Waals surface area (Å²) in [6.07, 6.45) is 0.608. The van der Waals surface area contributed by atoms with Gasteiger partial charge in [0.1, 0.15) is 5.75 Å². The zero-order valence-electron chi connectivity index (χ0n) is 9.94. The van der Waals surface area contributed by atoms with Crippen LogP contribution in [0.15, 0.2) is 18.2 Å². The average molecular weight is 268 g/mol. The molecule has 0 fully saturated rings. The molecule has 0 radical (unpaired) electrons. The third kappa shape index (κ3) is 3.62. The van der Waals surface area contributed by atoms with Crippen molar-refractivity contribution in [2.45, 2.75) is 25.9 Å². The number of carbonyl (C=O) groups is 1. The Labute approximate surface area is 110 Å². The number of hydrogen-bond acceptors (Lipinski definition) is 4. The summed E-state index contributed by atoms with van der Waals surface area (Å²) in [5.41, 5.74) is 2.49. The molecular formula is C12H14ClN3O2. The van der Waals surface area contributed by atoms with E-state index in [1.165, 1.54) is 6.07 Å². The lowest BCUT2D eigenvalue weighted by atomic mass is 10.2. The predicted octanol–water partition coefficient (Wildman–Crippen LogP) is 1.75. The first-order valence-corrected chi connectivity index (χ1v) is 5.87. The lowest BCUT2D eigenvalue weighted by Gasteiger charge is -2.17. The molecule has 0 heterocycles. The number of amides is 1. The van der Waals surface area contributed by atoms with Gasteiger partial charge in [0, 0.05) is 0 Å². The number of nitrogens with zero attached hydrogens (tertiary/aromatic N) is 1. The molecule has 0 aliphatic rings. The number of benzene rings is 1. The van der Waals surface area contributed by atoms with Gasteiger partial charge in [-0.05, 0) is 24.6 Å². The predicted molar refractivity (Wildman–Crippen MR) is 67.8 cm³/mol. The van der Waals surface area contributed by atoms with Gasteiger partial charge in [0.25, 0.3) is 5.91 Å². The molecule has 0 bridgehead atoms. The third-order valence-corrected chi connectivity index (χ3v) is 2.61. The Hall–Kier alpha value is -1.77. The fraction of sp³-hybridized carbons (Fsp3) is 0.333. The van der Waals surface area contributed by atoms with Crippen LogP contribution < -0.4 is 16.0 Å². The van der Waals surface area contributed by atoms with Crippen LogP contribution in [0.3, 0.4) is 0 Å². The van der Waals surface area contributed by atoms with E-state index in [-0.39, 0.29) is 0 Å². The van der Waals surface area contributed by atoms with E-state index in [1.807, 2.05) is 13.0 Å². The van der Waals surface area contributed by atoms with E-state index < -0.39 is 12.0 Å². The highest BCUT2D eigenvalue weighted by atomic mass is 35.5. The second-order valence-electron chi connectivity index (χ2n) is 3.66. The van der Waals surface area contributed by atoms with Crippen molar-refractivity contribution >= 4 is 17.5 Å². The number of nitrogens with one attached hydrogen (secondary N) is 1.